The summed E-state index contributed by atoms with van der Waals surface area (Å²) >= 11 is 0. The molecule has 2 heterocycles. The molecule has 2 saturated heterocycles. The van der Waals surface area contributed by atoms with Gasteiger partial charge in [-0.25, -0.2) is 0 Å². The van der Waals surface area contributed by atoms with E-state index in [0.29, 0.717) is 12.1 Å². The van der Waals surface area contributed by atoms with E-state index in [4.69, 9.17) is 9.47 Å². The number of fused-ring (bicyclic) bond motifs is 1. The molecule has 0 amide bonds. The van der Waals surface area contributed by atoms with Crippen LogP contribution in [0, 0.1) is 6.92 Å². The Balaban J connectivity index is 1.63. The fourth-order valence-corrected chi connectivity index (χ4v) is 3.67. The highest BCUT2D eigenvalue weighted by Crippen LogP contribution is 2.24. The first-order valence-corrected chi connectivity index (χ1v) is 8.39. The third kappa shape index (κ3) is 3.69. The van der Waals surface area contributed by atoms with Crippen molar-refractivity contribution in [2.45, 2.75) is 32.0 Å². The molecule has 0 unspecified atom stereocenters. The first-order chi connectivity index (χ1) is 10.8. The molecule has 2 aliphatic heterocycles. The largest absolute Gasteiger partial charge is 0.383 e. The van der Waals surface area contributed by atoms with Gasteiger partial charge >= 0.3 is 0 Å². The number of methoxy groups -OCH3 is 1. The van der Waals surface area contributed by atoms with Crippen molar-refractivity contribution in [1.82, 2.24) is 9.80 Å². The average Bonchev–Trinajstić information content (AvgIpc) is 2.55. The summed E-state index contributed by atoms with van der Waals surface area (Å²) in [7, 11) is 1.78. The number of benzene rings is 1. The van der Waals surface area contributed by atoms with Gasteiger partial charge in [0.1, 0.15) is 0 Å². The standard InChI is InChI=1S/C18H28N2O2/c1-15-5-3-4-6-16(15)13-19-8-7-18-17(14-19)20(9-11-21-2)10-12-22-18/h3-6,17-18H,7-14H2,1-2H3/t17-,18-/m1/s1. The first-order valence-electron chi connectivity index (χ1n) is 8.39. The van der Waals surface area contributed by atoms with Gasteiger partial charge in [0.05, 0.1) is 19.3 Å². The Morgan fingerprint density at radius 3 is 2.95 bits per heavy atom. The van der Waals surface area contributed by atoms with Crippen LogP contribution in [0.3, 0.4) is 0 Å². The van der Waals surface area contributed by atoms with Gasteiger partial charge in [-0.2, -0.15) is 0 Å². The van der Waals surface area contributed by atoms with Crippen LogP contribution >= 0.6 is 0 Å². The maximum absolute atomic E-state index is 6.01. The molecule has 0 aliphatic carbocycles. The van der Waals surface area contributed by atoms with Crippen molar-refractivity contribution in [3.63, 3.8) is 0 Å². The minimum atomic E-state index is 0.402. The molecule has 0 saturated carbocycles. The summed E-state index contributed by atoms with van der Waals surface area (Å²) in [5.74, 6) is 0. The molecule has 3 rings (SSSR count). The Kier molecular flexibility index (Phi) is 5.47. The Labute approximate surface area is 134 Å². The molecule has 0 aromatic heterocycles. The van der Waals surface area contributed by atoms with Crippen LogP contribution in [0.1, 0.15) is 17.5 Å². The fraction of sp³-hybridized carbons (Fsp3) is 0.667. The summed E-state index contributed by atoms with van der Waals surface area (Å²) in [6, 6.07) is 9.23. The van der Waals surface area contributed by atoms with Crippen LogP contribution in [-0.2, 0) is 16.0 Å². The summed E-state index contributed by atoms with van der Waals surface area (Å²) in [4.78, 5) is 5.14. The topological polar surface area (TPSA) is 24.9 Å². The predicted molar refractivity (Wildman–Crippen MR) is 88.1 cm³/mol. The van der Waals surface area contributed by atoms with Gasteiger partial charge in [0.25, 0.3) is 0 Å². The van der Waals surface area contributed by atoms with E-state index in [9.17, 15) is 0 Å². The monoisotopic (exact) mass is 304 g/mol. The van der Waals surface area contributed by atoms with Gasteiger partial charge in [0, 0.05) is 45.9 Å². The van der Waals surface area contributed by atoms with Gasteiger partial charge < -0.3 is 9.47 Å². The second-order valence-corrected chi connectivity index (χ2v) is 6.46. The quantitative estimate of drug-likeness (QED) is 0.830. The molecule has 0 radical (unpaired) electrons. The lowest BCUT2D eigenvalue weighted by molar-refractivity contribution is -0.107. The fourth-order valence-electron chi connectivity index (χ4n) is 3.67. The predicted octanol–water partition coefficient (Wildman–Crippen LogP) is 1.92. The molecule has 122 valence electrons. The lowest BCUT2D eigenvalue weighted by Gasteiger charge is -2.47. The van der Waals surface area contributed by atoms with Crippen molar-refractivity contribution in [3.8, 4) is 0 Å². The molecule has 1 aromatic rings. The number of aryl methyl sites for hydroxylation is 1. The van der Waals surface area contributed by atoms with Crippen LogP contribution in [0.25, 0.3) is 0 Å². The Bertz CT molecular complexity index is 480. The molecule has 2 aliphatic rings. The molecule has 4 heteroatoms. The number of hydrogen-bond acceptors (Lipinski definition) is 4. The van der Waals surface area contributed by atoms with Gasteiger partial charge in [0.2, 0.25) is 0 Å². The third-order valence-electron chi connectivity index (χ3n) is 5.02. The summed E-state index contributed by atoms with van der Waals surface area (Å²) in [6.45, 7) is 9.20. The molecule has 2 fully saturated rings. The number of morpholine rings is 1. The number of hydrogen-bond donors (Lipinski definition) is 0. The van der Waals surface area contributed by atoms with E-state index in [1.54, 1.807) is 7.11 Å². The first kappa shape index (κ1) is 15.9. The minimum absolute atomic E-state index is 0.402. The van der Waals surface area contributed by atoms with Crippen molar-refractivity contribution in [3.05, 3.63) is 35.4 Å². The van der Waals surface area contributed by atoms with Crippen molar-refractivity contribution in [1.29, 1.82) is 0 Å². The number of ether oxygens (including phenoxy) is 2. The molecule has 4 nitrogen and oxygen atoms in total. The summed E-state index contributed by atoms with van der Waals surface area (Å²) < 4.78 is 11.3. The number of likely N-dealkylation sites (tertiary alicyclic amines) is 1. The van der Waals surface area contributed by atoms with Crippen LogP contribution in [0.4, 0.5) is 0 Å². The minimum Gasteiger partial charge on any atom is -0.383 e. The summed E-state index contributed by atoms with van der Waals surface area (Å²) in [5, 5.41) is 0. The lowest BCUT2D eigenvalue weighted by Crippen LogP contribution is -2.60. The van der Waals surface area contributed by atoms with Gasteiger partial charge in [0.15, 0.2) is 0 Å². The molecule has 0 N–H and O–H groups in total. The van der Waals surface area contributed by atoms with Crippen molar-refractivity contribution < 1.29 is 9.47 Å². The van der Waals surface area contributed by atoms with E-state index in [-0.39, 0.29) is 0 Å². The number of rotatable bonds is 5. The molecule has 22 heavy (non-hydrogen) atoms. The maximum Gasteiger partial charge on any atom is 0.0755 e. The SMILES string of the molecule is COCCN1CCO[C@@H]2CCN(Cc3ccccc3C)C[C@H]21. The highest BCUT2D eigenvalue weighted by molar-refractivity contribution is 5.25. The molecule has 0 spiro atoms. The Hall–Kier alpha value is -0.940. The molecule has 2 atom stereocenters. The van der Waals surface area contributed by atoms with E-state index in [0.717, 1.165) is 52.4 Å². The Morgan fingerprint density at radius 1 is 1.27 bits per heavy atom. The van der Waals surface area contributed by atoms with Gasteiger partial charge in [-0.05, 0) is 24.5 Å². The number of nitrogens with zero attached hydrogens (tertiary/aromatic N) is 2. The van der Waals surface area contributed by atoms with Crippen LogP contribution in [0.15, 0.2) is 24.3 Å². The highest BCUT2D eigenvalue weighted by Gasteiger charge is 2.36. The molecule has 1 aromatic carbocycles. The van der Waals surface area contributed by atoms with Crippen molar-refractivity contribution in [2.75, 3.05) is 46.5 Å². The summed E-state index contributed by atoms with van der Waals surface area (Å²) in [6.07, 6.45) is 1.54. The van der Waals surface area contributed by atoms with Gasteiger partial charge in [-0.15, -0.1) is 0 Å². The smallest absolute Gasteiger partial charge is 0.0755 e. The van der Waals surface area contributed by atoms with Gasteiger partial charge in [-0.1, -0.05) is 24.3 Å². The van der Waals surface area contributed by atoms with E-state index < -0.39 is 0 Å². The van der Waals surface area contributed by atoms with Crippen molar-refractivity contribution in [2.24, 2.45) is 0 Å². The summed E-state index contributed by atoms with van der Waals surface area (Å²) in [5.41, 5.74) is 2.84. The number of piperidine rings is 1. The van der Waals surface area contributed by atoms with Crippen LogP contribution in [0.2, 0.25) is 0 Å². The second kappa shape index (κ2) is 7.55. The zero-order valence-electron chi connectivity index (χ0n) is 13.8. The zero-order chi connectivity index (χ0) is 15.4. The van der Waals surface area contributed by atoms with Crippen molar-refractivity contribution >= 4 is 0 Å². The maximum atomic E-state index is 6.01. The van der Waals surface area contributed by atoms with E-state index in [1.807, 2.05) is 0 Å². The van der Waals surface area contributed by atoms with Gasteiger partial charge in [-0.3, -0.25) is 9.80 Å². The second-order valence-electron chi connectivity index (χ2n) is 6.46. The van der Waals surface area contributed by atoms with Crippen LogP contribution < -0.4 is 0 Å². The third-order valence-corrected chi connectivity index (χ3v) is 5.02. The van der Waals surface area contributed by atoms with Crippen LogP contribution in [-0.4, -0.2) is 68.4 Å². The molecule has 0 bridgehead atoms. The zero-order valence-corrected chi connectivity index (χ0v) is 13.8. The van der Waals surface area contributed by atoms with E-state index in [1.165, 1.54) is 11.1 Å². The molecular formula is C18H28N2O2. The lowest BCUT2D eigenvalue weighted by atomic mass is 9.97. The average molecular weight is 304 g/mol. The molecular weight excluding hydrogens is 276 g/mol. The van der Waals surface area contributed by atoms with Crippen LogP contribution in [0.5, 0.6) is 0 Å². The van der Waals surface area contributed by atoms with E-state index >= 15 is 0 Å². The highest BCUT2D eigenvalue weighted by atomic mass is 16.5. The normalized spacial score (nSPS) is 26.8. The van der Waals surface area contributed by atoms with E-state index in [2.05, 4.69) is 41.0 Å². The Morgan fingerprint density at radius 2 is 2.14 bits per heavy atom.